The van der Waals surface area contributed by atoms with E-state index < -0.39 is 17.2 Å². The molecule has 14 heavy (non-hydrogen) atoms. The van der Waals surface area contributed by atoms with Crippen LogP contribution >= 0.6 is 0 Å². The van der Waals surface area contributed by atoms with Crippen molar-refractivity contribution in [3.63, 3.8) is 0 Å². The van der Waals surface area contributed by atoms with Crippen molar-refractivity contribution in [3.05, 3.63) is 0 Å². The third-order valence-electron chi connectivity index (χ3n) is 2.66. The average molecular weight is 234 g/mol. The Balaban J connectivity index is 0.000000280. The minimum Gasteiger partial charge on any atom is -0.381 e. The number of ether oxygens (including phenoxy) is 1. The van der Waals surface area contributed by atoms with Crippen molar-refractivity contribution < 1.29 is 4.74 Å². The molecule has 0 aromatic carbocycles. The van der Waals surface area contributed by atoms with Crippen molar-refractivity contribution >= 4 is 17.2 Å². The molecule has 1 saturated heterocycles. The van der Waals surface area contributed by atoms with Gasteiger partial charge in [0.25, 0.3) is 0 Å². The highest BCUT2D eigenvalue weighted by Crippen LogP contribution is 2.07. The zero-order valence-electron chi connectivity index (χ0n) is 10.8. The van der Waals surface area contributed by atoms with Gasteiger partial charge in [0.1, 0.15) is 8.24 Å². The molecule has 1 heterocycles. The Labute approximate surface area is 92.4 Å². The average Bonchev–Trinajstić information content (AvgIpc) is 2.57. The third kappa shape index (κ3) is 6.76. The summed E-state index contributed by atoms with van der Waals surface area (Å²) >= 11 is 0. The Kier molecular flexibility index (Phi) is 6.94. The van der Waals surface area contributed by atoms with E-state index in [2.05, 4.69) is 44.0 Å². The lowest BCUT2D eigenvalue weighted by atomic mass is 10.4. The molecule has 1 aliphatic heterocycles. The SMILES string of the molecule is C1CCOC1.CN([SiH](C)C)[Si](C)(C)C. The summed E-state index contributed by atoms with van der Waals surface area (Å²) in [6.45, 7) is 14.0. The maximum absolute atomic E-state index is 4.94. The van der Waals surface area contributed by atoms with E-state index in [0.29, 0.717) is 0 Å². The van der Waals surface area contributed by atoms with Crippen LogP contribution in [0.1, 0.15) is 12.8 Å². The first-order chi connectivity index (χ1) is 6.35. The van der Waals surface area contributed by atoms with Crippen LogP contribution in [0, 0.1) is 0 Å². The molecule has 4 heteroatoms. The molecule has 0 atom stereocenters. The van der Waals surface area contributed by atoms with Gasteiger partial charge in [-0.05, 0) is 19.9 Å². The molecule has 1 fully saturated rings. The fourth-order valence-corrected chi connectivity index (χ4v) is 7.48. The second-order valence-corrected chi connectivity index (χ2v) is 13.7. The molecule has 1 aliphatic rings. The van der Waals surface area contributed by atoms with Crippen molar-refractivity contribution in [1.29, 1.82) is 0 Å². The normalized spacial score (nSPS) is 17.1. The van der Waals surface area contributed by atoms with E-state index >= 15 is 0 Å². The fourth-order valence-electron chi connectivity index (χ4n) is 1.28. The van der Waals surface area contributed by atoms with Gasteiger partial charge >= 0.3 is 0 Å². The standard InChI is InChI=1S/C6H19NSi2.C4H8O/c1-7(8(2)3)9(4,5)6;1-2-4-5-3-1/h8H,1-6H3;1-4H2. The van der Waals surface area contributed by atoms with Gasteiger partial charge in [0.2, 0.25) is 0 Å². The molecule has 2 nitrogen and oxygen atoms in total. The molecule has 0 N–H and O–H groups in total. The van der Waals surface area contributed by atoms with Crippen LogP contribution in [-0.2, 0) is 4.74 Å². The Morgan fingerprint density at radius 1 is 1.07 bits per heavy atom. The zero-order valence-corrected chi connectivity index (χ0v) is 12.9. The summed E-state index contributed by atoms with van der Waals surface area (Å²) in [4.78, 5) is 0. The summed E-state index contributed by atoms with van der Waals surface area (Å²) in [7, 11) is 0.858. The summed E-state index contributed by atoms with van der Waals surface area (Å²) in [5.41, 5.74) is 0. The molecule has 0 bridgehead atoms. The van der Waals surface area contributed by atoms with Crippen molar-refractivity contribution in [2.45, 2.75) is 45.6 Å². The zero-order chi connectivity index (χ0) is 11.2. The van der Waals surface area contributed by atoms with Gasteiger partial charge in [-0.25, -0.2) is 0 Å². The molecule has 0 aliphatic carbocycles. The van der Waals surface area contributed by atoms with Crippen LogP contribution in [0.5, 0.6) is 0 Å². The van der Waals surface area contributed by atoms with Gasteiger partial charge < -0.3 is 8.97 Å². The second-order valence-electron chi connectivity index (χ2n) is 5.19. The van der Waals surface area contributed by atoms with E-state index in [9.17, 15) is 0 Å². The van der Waals surface area contributed by atoms with E-state index in [1.54, 1.807) is 0 Å². The van der Waals surface area contributed by atoms with E-state index in [0.717, 1.165) is 13.2 Å². The molecule has 0 amide bonds. The summed E-state index contributed by atoms with van der Waals surface area (Å²) in [6, 6.07) is 0. The summed E-state index contributed by atoms with van der Waals surface area (Å²) in [6.07, 6.45) is 2.56. The van der Waals surface area contributed by atoms with Crippen molar-refractivity contribution in [2.24, 2.45) is 0 Å². The lowest BCUT2D eigenvalue weighted by Crippen LogP contribution is -2.49. The van der Waals surface area contributed by atoms with Crippen LogP contribution in [0.15, 0.2) is 0 Å². The van der Waals surface area contributed by atoms with Gasteiger partial charge in [0.05, 0.1) is 8.96 Å². The quantitative estimate of drug-likeness (QED) is 0.680. The van der Waals surface area contributed by atoms with Crippen LogP contribution in [-0.4, -0.2) is 41.7 Å². The first kappa shape index (κ1) is 14.4. The van der Waals surface area contributed by atoms with Gasteiger partial charge in [0, 0.05) is 13.2 Å². The van der Waals surface area contributed by atoms with E-state index in [4.69, 9.17) is 4.74 Å². The highest BCUT2D eigenvalue weighted by atomic mass is 28.4. The van der Waals surface area contributed by atoms with Crippen molar-refractivity contribution in [2.75, 3.05) is 20.3 Å². The van der Waals surface area contributed by atoms with Crippen LogP contribution in [0.3, 0.4) is 0 Å². The lowest BCUT2D eigenvalue weighted by molar-refractivity contribution is 0.198. The van der Waals surface area contributed by atoms with Gasteiger partial charge in [0.15, 0.2) is 0 Å². The predicted octanol–water partition coefficient (Wildman–Crippen LogP) is 2.53. The Morgan fingerprint density at radius 3 is 1.57 bits per heavy atom. The maximum atomic E-state index is 4.94. The molecule has 0 radical (unpaired) electrons. The van der Waals surface area contributed by atoms with E-state index in [1.807, 2.05) is 0 Å². The summed E-state index contributed by atoms with van der Waals surface area (Å²) in [5.74, 6) is 0. The lowest BCUT2D eigenvalue weighted by Gasteiger charge is -2.33. The molecule has 0 spiro atoms. The largest absolute Gasteiger partial charge is 0.381 e. The Bertz CT molecular complexity index is 134. The van der Waals surface area contributed by atoms with Gasteiger partial charge in [-0.2, -0.15) is 0 Å². The minimum atomic E-state index is -0.929. The predicted molar refractivity (Wildman–Crippen MR) is 70.0 cm³/mol. The maximum Gasteiger partial charge on any atom is 0.111 e. The fraction of sp³-hybridized carbons (Fsp3) is 1.00. The first-order valence-electron chi connectivity index (χ1n) is 5.66. The smallest absolute Gasteiger partial charge is 0.111 e. The van der Waals surface area contributed by atoms with Crippen LogP contribution in [0.2, 0.25) is 32.7 Å². The number of hydrogen-bond acceptors (Lipinski definition) is 2. The van der Waals surface area contributed by atoms with Crippen molar-refractivity contribution in [3.8, 4) is 0 Å². The van der Waals surface area contributed by atoms with Crippen molar-refractivity contribution in [1.82, 2.24) is 4.23 Å². The van der Waals surface area contributed by atoms with Crippen LogP contribution < -0.4 is 0 Å². The van der Waals surface area contributed by atoms with Gasteiger partial charge in [-0.1, -0.05) is 32.7 Å². The molecule has 0 aromatic heterocycles. The van der Waals surface area contributed by atoms with Crippen LogP contribution in [0.25, 0.3) is 0 Å². The van der Waals surface area contributed by atoms with Crippen LogP contribution in [0.4, 0.5) is 0 Å². The molecule has 0 unspecified atom stereocenters. The highest BCUT2D eigenvalue weighted by Gasteiger charge is 2.21. The highest BCUT2D eigenvalue weighted by molar-refractivity contribution is 6.82. The first-order valence-corrected chi connectivity index (χ1v) is 11.9. The summed E-state index contributed by atoms with van der Waals surface area (Å²) < 4.78 is 7.58. The van der Waals surface area contributed by atoms with E-state index in [-0.39, 0.29) is 0 Å². The Hall–Kier alpha value is 0.354. The van der Waals surface area contributed by atoms with E-state index in [1.165, 1.54) is 12.8 Å². The number of hydrogen-bond donors (Lipinski definition) is 0. The molecule has 0 aromatic rings. The topological polar surface area (TPSA) is 12.5 Å². The molecule has 0 saturated carbocycles. The second kappa shape index (κ2) is 6.77. The molecule has 86 valence electrons. The Morgan fingerprint density at radius 2 is 1.50 bits per heavy atom. The molecular formula is C10H27NOSi2. The molecule has 1 rings (SSSR count). The number of rotatable bonds is 2. The minimum absolute atomic E-state index is 0.495. The monoisotopic (exact) mass is 233 g/mol. The van der Waals surface area contributed by atoms with Gasteiger partial charge in [-0.3, -0.25) is 0 Å². The summed E-state index contributed by atoms with van der Waals surface area (Å²) in [5, 5.41) is 0. The number of nitrogens with zero attached hydrogens (tertiary/aromatic N) is 1. The molecular weight excluding hydrogens is 206 g/mol. The third-order valence-corrected chi connectivity index (χ3v) is 10.2. The van der Waals surface area contributed by atoms with Gasteiger partial charge in [-0.15, -0.1) is 0 Å².